The van der Waals surface area contributed by atoms with E-state index in [4.69, 9.17) is 14.0 Å². The van der Waals surface area contributed by atoms with Crippen LogP contribution >= 0.6 is 11.8 Å². The molecule has 0 saturated carbocycles. The maximum atomic E-state index is 14.0. The van der Waals surface area contributed by atoms with Crippen LogP contribution in [0.2, 0.25) is 0 Å². The first-order chi connectivity index (χ1) is 12.6. The van der Waals surface area contributed by atoms with Gasteiger partial charge in [0.25, 0.3) is 0 Å². The van der Waals surface area contributed by atoms with Gasteiger partial charge in [0.2, 0.25) is 0 Å². The van der Waals surface area contributed by atoms with Crippen LogP contribution in [0, 0.1) is 11.6 Å². The lowest BCUT2D eigenvalue weighted by Crippen LogP contribution is -2.41. The molecule has 7 heteroatoms. The Bertz CT molecular complexity index is 826. The van der Waals surface area contributed by atoms with E-state index in [1.807, 2.05) is 45.9 Å². The number of methoxy groups -OCH3 is 1. The molecule has 0 unspecified atom stereocenters. The highest BCUT2D eigenvalue weighted by atomic mass is 32.2. The first-order valence-electron chi connectivity index (χ1n) is 8.73. The molecule has 0 spiro atoms. The van der Waals surface area contributed by atoms with Crippen molar-refractivity contribution < 1.29 is 22.8 Å². The highest BCUT2D eigenvalue weighted by Gasteiger charge is 2.52. The predicted molar refractivity (Wildman–Crippen MR) is 105 cm³/mol. The molecule has 1 saturated heterocycles. The Morgan fingerprint density at radius 3 is 2.30 bits per heavy atom. The van der Waals surface area contributed by atoms with E-state index in [-0.39, 0.29) is 4.90 Å². The average Bonchev–Trinajstić information content (AvgIpc) is 2.83. The van der Waals surface area contributed by atoms with E-state index in [1.54, 1.807) is 7.11 Å². The second-order valence-corrected chi connectivity index (χ2v) is 8.53. The zero-order valence-corrected chi connectivity index (χ0v) is 17.0. The maximum Gasteiger partial charge on any atom is 0.495 e. The van der Waals surface area contributed by atoms with Gasteiger partial charge in [-0.25, -0.2) is 8.78 Å². The van der Waals surface area contributed by atoms with Crippen LogP contribution in [-0.2, 0) is 15.1 Å². The molecule has 0 amide bonds. The number of rotatable bonds is 5. The van der Waals surface area contributed by atoms with Crippen molar-refractivity contribution in [3.8, 4) is 5.75 Å². The molecule has 2 aromatic carbocycles. The zero-order valence-electron chi connectivity index (χ0n) is 16.1. The number of ether oxygens (including phenoxy) is 1. The molecule has 0 aliphatic carbocycles. The highest BCUT2D eigenvalue weighted by molar-refractivity contribution is 7.98. The molecule has 3 rings (SSSR count). The van der Waals surface area contributed by atoms with Crippen LogP contribution in [0.1, 0.15) is 33.3 Å². The first-order valence-corrected chi connectivity index (χ1v) is 9.72. The molecule has 0 atom stereocenters. The molecule has 0 bridgehead atoms. The lowest BCUT2D eigenvalue weighted by molar-refractivity contribution is 0.00578. The second kappa shape index (κ2) is 7.45. The van der Waals surface area contributed by atoms with Crippen molar-refractivity contribution in [2.45, 2.75) is 49.5 Å². The average molecular weight is 392 g/mol. The summed E-state index contributed by atoms with van der Waals surface area (Å²) in [5.41, 5.74) is 0.827. The predicted octanol–water partition coefficient (Wildman–Crippen LogP) is 4.56. The van der Waals surface area contributed by atoms with Gasteiger partial charge in [-0.15, -0.1) is 11.8 Å². The van der Waals surface area contributed by atoms with Gasteiger partial charge in [-0.3, -0.25) is 0 Å². The molecular formula is C20H23BF2O3S. The minimum atomic E-state index is -0.533. The van der Waals surface area contributed by atoms with Gasteiger partial charge in [0, 0.05) is 10.6 Å². The Balaban J connectivity index is 1.89. The topological polar surface area (TPSA) is 27.7 Å². The summed E-state index contributed by atoms with van der Waals surface area (Å²) in [6.45, 7) is 7.97. The van der Waals surface area contributed by atoms with Crippen molar-refractivity contribution in [1.82, 2.24) is 0 Å². The minimum Gasteiger partial charge on any atom is -0.497 e. The van der Waals surface area contributed by atoms with Gasteiger partial charge >= 0.3 is 7.12 Å². The van der Waals surface area contributed by atoms with Crippen molar-refractivity contribution >= 4 is 24.3 Å². The Morgan fingerprint density at radius 2 is 1.67 bits per heavy atom. The molecule has 1 heterocycles. The van der Waals surface area contributed by atoms with Crippen molar-refractivity contribution in [1.29, 1.82) is 0 Å². The molecule has 0 aromatic heterocycles. The molecule has 1 aliphatic heterocycles. The molecule has 1 aliphatic rings. The van der Waals surface area contributed by atoms with Crippen LogP contribution in [-0.4, -0.2) is 25.4 Å². The van der Waals surface area contributed by atoms with E-state index < -0.39 is 30.0 Å². The fourth-order valence-corrected chi connectivity index (χ4v) is 3.74. The SMILES string of the molecule is COc1ccc(B2OC(C)(C)C(C)(C)O2)c(CSc2cc(F)ccc2F)c1. The van der Waals surface area contributed by atoms with Crippen molar-refractivity contribution in [2.24, 2.45) is 0 Å². The number of benzene rings is 2. The van der Waals surface area contributed by atoms with Gasteiger partial charge in [0.1, 0.15) is 17.4 Å². The van der Waals surface area contributed by atoms with Crippen molar-refractivity contribution in [3.05, 3.63) is 53.6 Å². The summed E-state index contributed by atoms with van der Waals surface area (Å²) in [5.74, 6) is 0.208. The molecule has 0 radical (unpaired) electrons. The summed E-state index contributed by atoms with van der Waals surface area (Å²) in [6, 6.07) is 9.08. The molecule has 2 aromatic rings. The van der Waals surface area contributed by atoms with Crippen molar-refractivity contribution in [3.63, 3.8) is 0 Å². The Labute approximate surface area is 163 Å². The number of hydrogen-bond acceptors (Lipinski definition) is 4. The van der Waals surface area contributed by atoms with E-state index in [0.29, 0.717) is 11.5 Å². The van der Waals surface area contributed by atoms with Gasteiger partial charge in [-0.1, -0.05) is 6.07 Å². The first kappa shape index (κ1) is 20.2. The maximum absolute atomic E-state index is 14.0. The Morgan fingerprint density at radius 1 is 1.00 bits per heavy atom. The molecular weight excluding hydrogens is 369 g/mol. The van der Waals surface area contributed by atoms with Crippen LogP contribution in [0.3, 0.4) is 0 Å². The minimum absolute atomic E-state index is 0.262. The third-order valence-electron chi connectivity index (χ3n) is 5.13. The summed E-state index contributed by atoms with van der Waals surface area (Å²) in [6.07, 6.45) is 0. The fraction of sp³-hybridized carbons (Fsp3) is 0.400. The van der Waals surface area contributed by atoms with Gasteiger partial charge in [-0.05, 0) is 69.1 Å². The van der Waals surface area contributed by atoms with E-state index in [9.17, 15) is 8.78 Å². The summed E-state index contributed by atoms with van der Waals surface area (Å²) < 4.78 is 45.0. The monoisotopic (exact) mass is 392 g/mol. The molecule has 144 valence electrons. The summed E-state index contributed by atoms with van der Waals surface area (Å²) in [5, 5.41) is 0. The number of thioether (sulfide) groups is 1. The summed E-state index contributed by atoms with van der Waals surface area (Å²) in [4.78, 5) is 0.262. The molecule has 0 N–H and O–H groups in total. The Hall–Kier alpha value is -1.57. The lowest BCUT2D eigenvalue weighted by Gasteiger charge is -2.32. The smallest absolute Gasteiger partial charge is 0.495 e. The number of hydrogen-bond donors (Lipinski definition) is 0. The van der Waals surface area contributed by atoms with Gasteiger partial charge in [0.15, 0.2) is 0 Å². The largest absolute Gasteiger partial charge is 0.497 e. The Kier molecular flexibility index (Phi) is 5.57. The van der Waals surface area contributed by atoms with Gasteiger partial charge in [-0.2, -0.15) is 0 Å². The summed E-state index contributed by atoms with van der Waals surface area (Å²) >= 11 is 1.22. The summed E-state index contributed by atoms with van der Waals surface area (Å²) in [7, 11) is 1.06. The molecule has 27 heavy (non-hydrogen) atoms. The highest BCUT2D eigenvalue weighted by Crippen LogP contribution is 2.37. The zero-order chi connectivity index (χ0) is 19.8. The van der Waals surface area contributed by atoms with Crippen molar-refractivity contribution in [2.75, 3.05) is 7.11 Å². The lowest BCUT2D eigenvalue weighted by atomic mass is 9.76. The van der Waals surface area contributed by atoms with Crippen LogP contribution < -0.4 is 10.2 Å². The van der Waals surface area contributed by atoms with E-state index in [1.165, 1.54) is 17.8 Å². The second-order valence-electron chi connectivity index (χ2n) is 7.52. The normalized spacial score (nSPS) is 18.0. The standard InChI is InChI=1S/C20H23BF2O3S/c1-19(2)20(3,4)26-21(25-19)16-8-7-15(24-5)10-13(16)12-27-18-11-14(22)6-9-17(18)23/h6-11H,12H2,1-5H3. The third-order valence-corrected chi connectivity index (χ3v) is 6.21. The quantitative estimate of drug-likeness (QED) is 0.551. The van der Waals surface area contributed by atoms with Gasteiger partial charge < -0.3 is 14.0 Å². The van der Waals surface area contributed by atoms with Crippen LogP contribution in [0.25, 0.3) is 0 Å². The number of halogens is 2. The van der Waals surface area contributed by atoms with E-state index >= 15 is 0 Å². The van der Waals surface area contributed by atoms with Crippen LogP contribution in [0.15, 0.2) is 41.3 Å². The third kappa shape index (κ3) is 4.15. The van der Waals surface area contributed by atoms with Gasteiger partial charge in [0.05, 0.1) is 18.3 Å². The van der Waals surface area contributed by atoms with Crippen LogP contribution in [0.5, 0.6) is 5.75 Å². The molecule has 3 nitrogen and oxygen atoms in total. The fourth-order valence-electron chi connectivity index (χ4n) is 2.78. The van der Waals surface area contributed by atoms with E-state index in [2.05, 4.69) is 0 Å². The van der Waals surface area contributed by atoms with Crippen LogP contribution in [0.4, 0.5) is 8.78 Å². The molecule has 1 fully saturated rings. The van der Waals surface area contributed by atoms with E-state index in [0.717, 1.165) is 23.2 Å².